The summed E-state index contributed by atoms with van der Waals surface area (Å²) in [6.45, 7) is 23.6. The Balaban J connectivity index is 2.46. The summed E-state index contributed by atoms with van der Waals surface area (Å²) in [6.07, 6.45) is 0. The molecule has 3 nitrogen and oxygen atoms in total. The van der Waals surface area contributed by atoms with E-state index < -0.39 is 8.07 Å². The zero-order valence-corrected chi connectivity index (χ0v) is 30.9. The Morgan fingerprint density at radius 1 is 0.419 bits per heavy atom. The molecular formula is C39H55N3Si. The zero-order chi connectivity index (χ0) is 32.3. The van der Waals surface area contributed by atoms with Crippen molar-refractivity contribution in [2.24, 2.45) is 0 Å². The van der Waals surface area contributed by atoms with Gasteiger partial charge in [0.2, 0.25) is 0 Å². The van der Waals surface area contributed by atoms with Gasteiger partial charge in [-0.1, -0.05) is 29.3 Å². The Kier molecular flexibility index (Phi) is 8.88. The SMILES string of the molecule is CC1=C(C)C([Si](c2cc(C)cc(N(C)C)c2C)(c2cc(C)cc(N(C)C)c2C)c2cc(C)cc(N(C)C)c2C)C(C)=C1C. The molecule has 1 aliphatic rings. The van der Waals surface area contributed by atoms with Gasteiger partial charge in [0.25, 0.3) is 0 Å². The summed E-state index contributed by atoms with van der Waals surface area (Å²) in [5.74, 6) is 0. The quantitative estimate of drug-likeness (QED) is 0.211. The molecule has 0 N–H and O–H groups in total. The summed E-state index contributed by atoms with van der Waals surface area (Å²) in [5.41, 5.74) is 18.5. The number of benzene rings is 3. The number of nitrogens with zero attached hydrogens (tertiary/aromatic N) is 3. The minimum absolute atomic E-state index is 0.314. The van der Waals surface area contributed by atoms with Gasteiger partial charge < -0.3 is 14.7 Å². The van der Waals surface area contributed by atoms with Crippen LogP contribution in [0.1, 0.15) is 61.1 Å². The lowest BCUT2D eigenvalue weighted by Gasteiger charge is -2.45. The molecule has 0 spiro atoms. The number of aryl methyl sites for hydroxylation is 3. The predicted octanol–water partition coefficient (Wildman–Crippen LogP) is 7.26. The first kappa shape index (κ1) is 32.7. The fourth-order valence-electron chi connectivity index (χ4n) is 8.04. The van der Waals surface area contributed by atoms with Crippen molar-refractivity contribution < 1.29 is 0 Å². The van der Waals surface area contributed by atoms with Crippen molar-refractivity contribution in [1.29, 1.82) is 0 Å². The number of allylic oxidation sites excluding steroid dienone is 4. The van der Waals surface area contributed by atoms with Crippen LogP contribution < -0.4 is 30.3 Å². The normalized spacial score (nSPS) is 14.2. The lowest BCUT2D eigenvalue weighted by atomic mass is 10.1. The van der Waals surface area contributed by atoms with Crippen LogP contribution in [0.4, 0.5) is 17.1 Å². The third-order valence-electron chi connectivity index (χ3n) is 10.3. The number of rotatable bonds is 7. The Hall–Kier alpha value is -3.24. The average Bonchev–Trinajstić information content (AvgIpc) is 3.11. The van der Waals surface area contributed by atoms with E-state index >= 15 is 0 Å². The summed E-state index contributed by atoms with van der Waals surface area (Å²) in [4.78, 5) is 6.93. The molecule has 0 saturated heterocycles. The molecule has 43 heavy (non-hydrogen) atoms. The van der Waals surface area contributed by atoms with E-state index in [1.54, 1.807) is 15.6 Å². The standard InChI is InChI=1S/C39H55N3Si/c1-23-17-33(40(11)12)30(8)36(20-23)43(39-28(6)26(4)27(5)29(39)7,37-21-24(2)18-34(31(37)9)41(13)14)38-22-25(3)19-35(32(38)10)42(15)16/h17-22,39H,1-16H3. The van der Waals surface area contributed by atoms with E-state index in [0.717, 1.165) is 0 Å². The van der Waals surface area contributed by atoms with Gasteiger partial charge in [0.05, 0.1) is 0 Å². The molecule has 1 aliphatic carbocycles. The molecule has 0 radical (unpaired) electrons. The van der Waals surface area contributed by atoms with Crippen LogP contribution in [0.3, 0.4) is 0 Å². The highest BCUT2D eigenvalue weighted by molar-refractivity contribution is 7.14. The average molecular weight is 594 g/mol. The van der Waals surface area contributed by atoms with E-state index in [1.165, 1.54) is 72.7 Å². The van der Waals surface area contributed by atoms with Crippen molar-refractivity contribution in [2.75, 3.05) is 57.0 Å². The second kappa shape index (κ2) is 11.7. The third-order valence-corrected chi connectivity index (χ3v) is 16.2. The highest BCUT2D eigenvalue weighted by Crippen LogP contribution is 2.48. The molecule has 3 aromatic carbocycles. The summed E-state index contributed by atoms with van der Waals surface area (Å²) in [6, 6.07) is 14.8. The van der Waals surface area contributed by atoms with Crippen LogP contribution >= 0.6 is 0 Å². The Morgan fingerprint density at radius 2 is 0.674 bits per heavy atom. The Labute approximate surface area is 263 Å². The fourth-order valence-corrected chi connectivity index (χ4v) is 15.1. The Bertz CT molecular complexity index is 1470. The van der Waals surface area contributed by atoms with Crippen molar-refractivity contribution in [3.8, 4) is 0 Å². The monoisotopic (exact) mass is 593 g/mol. The van der Waals surface area contributed by atoms with Crippen LogP contribution in [0, 0.1) is 41.5 Å². The van der Waals surface area contributed by atoms with E-state index in [-0.39, 0.29) is 0 Å². The summed E-state index contributed by atoms with van der Waals surface area (Å²) >= 11 is 0. The molecule has 0 atom stereocenters. The van der Waals surface area contributed by atoms with E-state index in [1.807, 2.05) is 0 Å². The van der Waals surface area contributed by atoms with E-state index in [4.69, 9.17) is 0 Å². The zero-order valence-electron chi connectivity index (χ0n) is 29.9. The summed E-state index contributed by atoms with van der Waals surface area (Å²) < 4.78 is 0. The van der Waals surface area contributed by atoms with Crippen LogP contribution in [-0.4, -0.2) is 50.4 Å². The second-order valence-corrected chi connectivity index (χ2v) is 17.7. The first-order valence-corrected chi connectivity index (χ1v) is 17.8. The molecule has 4 rings (SSSR count). The van der Waals surface area contributed by atoms with Gasteiger partial charge in [0.15, 0.2) is 8.07 Å². The van der Waals surface area contributed by atoms with Gasteiger partial charge in [-0.25, -0.2) is 0 Å². The third kappa shape index (κ3) is 5.16. The first-order chi connectivity index (χ1) is 20.0. The van der Waals surface area contributed by atoms with Crippen LogP contribution in [0.5, 0.6) is 0 Å². The van der Waals surface area contributed by atoms with Crippen LogP contribution in [-0.2, 0) is 0 Å². The van der Waals surface area contributed by atoms with Crippen molar-refractivity contribution in [3.63, 3.8) is 0 Å². The van der Waals surface area contributed by atoms with Gasteiger partial charge in [-0.2, -0.15) is 0 Å². The first-order valence-electron chi connectivity index (χ1n) is 15.7. The molecule has 4 heteroatoms. The molecule has 3 aromatic rings. The molecule has 0 saturated carbocycles. The maximum Gasteiger partial charge on any atom is 0.160 e. The molecule has 0 fully saturated rings. The topological polar surface area (TPSA) is 9.72 Å². The molecule has 230 valence electrons. The number of anilines is 3. The van der Waals surface area contributed by atoms with Crippen molar-refractivity contribution in [1.82, 2.24) is 0 Å². The maximum atomic E-state index is 2.56. The van der Waals surface area contributed by atoms with Crippen molar-refractivity contribution in [2.45, 2.75) is 74.8 Å². The molecular weight excluding hydrogens is 539 g/mol. The second-order valence-electron chi connectivity index (χ2n) is 13.9. The van der Waals surface area contributed by atoms with E-state index in [9.17, 15) is 0 Å². The predicted molar refractivity (Wildman–Crippen MR) is 196 cm³/mol. The highest BCUT2D eigenvalue weighted by atomic mass is 28.3. The minimum Gasteiger partial charge on any atom is -0.377 e. The highest BCUT2D eigenvalue weighted by Gasteiger charge is 2.53. The van der Waals surface area contributed by atoms with Crippen molar-refractivity contribution in [3.05, 3.63) is 92.1 Å². The van der Waals surface area contributed by atoms with Crippen molar-refractivity contribution >= 4 is 40.7 Å². The summed E-state index contributed by atoms with van der Waals surface area (Å²) in [5, 5.41) is 4.62. The van der Waals surface area contributed by atoms with Crippen LogP contribution in [0.25, 0.3) is 0 Å². The molecule has 0 aliphatic heterocycles. The smallest absolute Gasteiger partial charge is 0.160 e. The van der Waals surface area contributed by atoms with E-state index in [0.29, 0.717) is 5.54 Å². The Morgan fingerprint density at radius 3 is 0.907 bits per heavy atom. The molecule has 0 bridgehead atoms. The van der Waals surface area contributed by atoms with Gasteiger partial charge in [0, 0.05) is 64.9 Å². The number of hydrogen-bond acceptors (Lipinski definition) is 3. The fraction of sp³-hybridized carbons (Fsp3) is 0.436. The van der Waals surface area contributed by atoms with Gasteiger partial charge in [-0.3, -0.25) is 0 Å². The largest absolute Gasteiger partial charge is 0.377 e. The molecule has 0 amide bonds. The lowest BCUT2D eigenvalue weighted by Crippen LogP contribution is -2.72. The van der Waals surface area contributed by atoms with Gasteiger partial charge in [-0.05, 0) is 148 Å². The molecule has 0 unspecified atom stereocenters. The summed E-state index contributed by atoms with van der Waals surface area (Å²) in [7, 11) is 10.3. The van der Waals surface area contributed by atoms with Crippen LogP contribution in [0.15, 0.2) is 58.7 Å². The molecule has 0 heterocycles. The lowest BCUT2D eigenvalue weighted by molar-refractivity contribution is 1.07. The van der Waals surface area contributed by atoms with Gasteiger partial charge >= 0.3 is 0 Å². The van der Waals surface area contributed by atoms with Crippen LogP contribution in [0.2, 0.25) is 5.54 Å². The number of hydrogen-bond donors (Lipinski definition) is 0. The van der Waals surface area contributed by atoms with Gasteiger partial charge in [0.1, 0.15) is 0 Å². The van der Waals surface area contributed by atoms with E-state index in [2.05, 4.69) is 163 Å². The minimum atomic E-state index is -2.86. The van der Waals surface area contributed by atoms with Gasteiger partial charge in [-0.15, -0.1) is 0 Å². The molecule has 0 aromatic heterocycles. The maximum absolute atomic E-state index is 2.86.